The van der Waals surface area contributed by atoms with Crippen molar-refractivity contribution in [3.05, 3.63) is 36.3 Å². The summed E-state index contributed by atoms with van der Waals surface area (Å²) in [5.74, 6) is 0. The summed E-state index contributed by atoms with van der Waals surface area (Å²) in [6, 6.07) is 3.89. The van der Waals surface area contributed by atoms with Gasteiger partial charge in [-0.25, -0.2) is 4.98 Å². The smallest absolute Gasteiger partial charge is 0.105 e. The summed E-state index contributed by atoms with van der Waals surface area (Å²) in [7, 11) is 1.90. The quantitative estimate of drug-likeness (QED) is 0.850. The van der Waals surface area contributed by atoms with Gasteiger partial charge in [-0.1, -0.05) is 17.8 Å². The predicted octanol–water partition coefficient (Wildman–Crippen LogP) is 1.43. The van der Waals surface area contributed by atoms with E-state index in [1.165, 1.54) is 0 Å². The molecule has 0 amide bonds. The van der Waals surface area contributed by atoms with Crippen molar-refractivity contribution in [3.63, 3.8) is 0 Å². The highest BCUT2D eigenvalue weighted by Crippen LogP contribution is 2.27. The molecule has 2 aromatic rings. The van der Waals surface area contributed by atoms with Crippen molar-refractivity contribution in [1.82, 2.24) is 14.8 Å². The summed E-state index contributed by atoms with van der Waals surface area (Å²) in [5.41, 5.74) is 6.70. The molecule has 2 aromatic heterocycles. The maximum absolute atomic E-state index is 5.64. The topological polar surface area (TPSA) is 56.7 Å². The molecule has 0 spiro atoms. The molecule has 0 aliphatic rings. The Morgan fingerprint density at radius 3 is 3.07 bits per heavy atom. The average Bonchev–Trinajstić information content (AvgIpc) is 2.65. The lowest BCUT2D eigenvalue weighted by molar-refractivity contribution is 0.766. The monoisotopic (exact) mass is 220 g/mol. The largest absolute Gasteiger partial charge is 0.326 e. The molecule has 2 rings (SSSR count). The first kappa shape index (κ1) is 10.2. The highest BCUT2D eigenvalue weighted by molar-refractivity contribution is 7.99. The second-order valence-corrected chi connectivity index (χ2v) is 4.19. The summed E-state index contributed by atoms with van der Waals surface area (Å²) in [5, 5.41) is 5.06. The third-order valence-electron chi connectivity index (χ3n) is 1.97. The Balaban J connectivity index is 2.23. The van der Waals surface area contributed by atoms with E-state index in [9.17, 15) is 0 Å². The molecule has 15 heavy (non-hydrogen) atoms. The van der Waals surface area contributed by atoms with Crippen molar-refractivity contribution < 1.29 is 0 Å². The van der Waals surface area contributed by atoms with Gasteiger partial charge in [0.2, 0.25) is 0 Å². The molecule has 0 atom stereocenters. The van der Waals surface area contributed by atoms with Gasteiger partial charge in [-0.05, 0) is 11.6 Å². The maximum Gasteiger partial charge on any atom is 0.105 e. The first-order valence-corrected chi connectivity index (χ1v) is 5.41. The number of aromatic nitrogens is 3. The molecular weight excluding hydrogens is 208 g/mol. The number of hydrogen-bond donors (Lipinski definition) is 1. The molecule has 2 heterocycles. The lowest BCUT2D eigenvalue weighted by atomic mass is 10.3. The van der Waals surface area contributed by atoms with Crippen LogP contribution in [0.1, 0.15) is 5.56 Å². The zero-order chi connectivity index (χ0) is 10.7. The van der Waals surface area contributed by atoms with Crippen molar-refractivity contribution in [3.8, 4) is 0 Å². The fourth-order valence-electron chi connectivity index (χ4n) is 1.23. The molecule has 0 aromatic carbocycles. The van der Waals surface area contributed by atoms with Crippen LogP contribution in [-0.4, -0.2) is 14.8 Å². The van der Waals surface area contributed by atoms with Gasteiger partial charge in [0.15, 0.2) is 0 Å². The number of nitrogens with two attached hydrogens (primary N) is 1. The van der Waals surface area contributed by atoms with E-state index >= 15 is 0 Å². The Morgan fingerprint density at radius 1 is 1.53 bits per heavy atom. The number of aryl methyl sites for hydroxylation is 1. The Kier molecular flexibility index (Phi) is 3.03. The minimum atomic E-state index is 0.510. The van der Waals surface area contributed by atoms with Crippen LogP contribution < -0.4 is 5.73 Å². The first-order chi connectivity index (χ1) is 7.29. The van der Waals surface area contributed by atoms with Gasteiger partial charge in [0, 0.05) is 26.0 Å². The van der Waals surface area contributed by atoms with Crippen LogP contribution in [-0.2, 0) is 13.6 Å². The van der Waals surface area contributed by atoms with Crippen LogP contribution in [0.3, 0.4) is 0 Å². The fourth-order valence-corrected chi connectivity index (χ4v) is 2.16. The van der Waals surface area contributed by atoms with Crippen LogP contribution in [0.4, 0.5) is 0 Å². The number of pyridine rings is 1. The van der Waals surface area contributed by atoms with Crippen molar-refractivity contribution in [2.75, 3.05) is 0 Å². The van der Waals surface area contributed by atoms with Crippen molar-refractivity contribution in [1.29, 1.82) is 0 Å². The fraction of sp³-hybridized carbons (Fsp3) is 0.200. The van der Waals surface area contributed by atoms with Gasteiger partial charge < -0.3 is 5.73 Å². The summed E-state index contributed by atoms with van der Waals surface area (Å²) >= 11 is 1.59. The van der Waals surface area contributed by atoms with E-state index in [2.05, 4.69) is 10.1 Å². The van der Waals surface area contributed by atoms with E-state index in [0.717, 1.165) is 15.5 Å². The highest BCUT2D eigenvalue weighted by atomic mass is 32.2. The molecule has 2 N–H and O–H groups in total. The molecule has 4 nitrogen and oxygen atoms in total. The molecule has 0 aliphatic heterocycles. The maximum atomic E-state index is 5.64. The molecule has 5 heteroatoms. The molecule has 0 radical (unpaired) electrons. The zero-order valence-electron chi connectivity index (χ0n) is 8.42. The Bertz CT molecular complexity index is 452. The lowest BCUT2D eigenvalue weighted by Gasteiger charge is -2.03. The number of nitrogens with zero attached hydrogens (tertiary/aromatic N) is 3. The minimum Gasteiger partial charge on any atom is -0.326 e. The van der Waals surface area contributed by atoms with Crippen LogP contribution in [0.25, 0.3) is 0 Å². The predicted molar refractivity (Wildman–Crippen MR) is 59.5 cm³/mol. The SMILES string of the molecule is Cn1cc(Sc2ncccc2CN)cn1. The molecule has 0 fully saturated rings. The second-order valence-electron chi connectivity index (χ2n) is 3.12. The second kappa shape index (κ2) is 4.46. The molecule has 0 aliphatic carbocycles. The Morgan fingerprint density at radius 2 is 2.40 bits per heavy atom. The summed E-state index contributed by atoms with van der Waals surface area (Å²) in [4.78, 5) is 5.37. The number of hydrogen-bond acceptors (Lipinski definition) is 4. The van der Waals surface area contributed by atoms with E-state index in [1.807, 2.05) is 31.6 Å². The van der Waals surface area contributed by atoms with Crippen LogP contribution in [0, 0.1) is 0 Å². The van der Waals surface area contributed by atoms with Crippen LogP contribution in [0.5, 0.6) is 0 Å². The van der Waals surface area contributed by atoms with Gasteiger partial charge >= 0.3 is 0 Å². The van der Waals surface area contributed by atoms with E-state index < -0.39 is 0 Å². The van der Waals surface area contributed by atoms with E-state index in [-0.39, 0.29) is 0 Å². The highest BCUT2D eigenvalue weighted by Gasteiger charge is 2.05. The summed E-state index contributed by atoms with van der Waals surface area (Å²) in [6.07, 6.45) is 5.55. The lowest BCUT2D eigenvalue weighted by Crippen LogP contribution is -1.99. The van der Waals surface area contributed by atoms with Gasteiger partial charge in [-0.2, -0.15) is 5.10 Å². The molecular formula is C10H12N4S. The molecule has 0 bridgehead atoms. The van der Waals surface area contributed by atoms with Crippen LogP contribution in [0.2, 0.25) is 0 Å². The summed E-state index contributed by atoms with van der Waals surface area (Å²) in [6.45, 7) is 0.510. The zero-order valence-corrected chi connectivity index (χ0v) is 9.24. The Hall–Kier alpha value is -1.33. The Labute approximate surface area is 92.5 Å². The van der Waals surface area contributed by atoms with Crippen LogP contribution in [0.15, 0.2) is 40.6 Å². The average molecular weight is 220 g/mol. The first-order valence-electron chi connectivity index (χ1n) is 4.60. The minimum absolute atomic E-state index is 0.510. The molecule has 0 saturated carbocycles. The molecule has 78 valence electrons. The van der Waals surface area contributed by atoms with Gasteiger partial charge in [0.1, 0.15) is 5.03 Å². The van der Waals surface area contributed by atoms with Crippen LogP contribution >= 0.6 is 11.8 Å². The third kappa shape index (κ3) is 2.37. The van der Waals surface area contributed by atoms with Crippen molar-refractivity contribution >= 4 is 11.8 Å². The summed E-state index contributed by atoms with van der Waals surface area (Å²) < 4.78 is 1.77. The van der Waals surface area contributed by atoms with Gasteiger partial charge in [-0.15, -0.1) is 0 Å². The van der Waals surface area contributed by atoms with Gasteiger partial charge in [0.25, 0.3) is 0 Å². The normalized spacial score (nSPS) is 10.5. The molecule has 0 saturated heterocycles. The van der Waals surface area contributed by atoms with Gasteiger partial charge in [-0.3, -0.25) is 4.68 Å². The van der Waals surface area contributed by atoms with Crippen molar-refractivity contribution in [2.24, 2.45) is 12.8 Å². The van der Waals surface area contributed by atoms with E-state index in [1.54, 1.807) is 22.6 Å². The standard InChI is InChI=1S/C10H12N4S/c1-14-7-9(6-13-14)15-10-8(5-11)3-2-4-12-10/h2-4,6-7H,5,11H2,1H3. The van der Waals surface area contributed by atoms with Gasteiger partial charge in [0.05, 0.1) is 11.1 Å². The number of rotatable bonds is 3. The van der Waals surface area contributed by atoms with E-state index in [0.29, 0.717) is 6.54 Å². The van der Waals surface area contributed by atoms with E-state index in [4.69, 9.17) is 5.73 Å². The molecule has 0 unspecified atom stereocenters. The van der Waals surface area contributed by atoms with Crippen molar-refractivity contribution in [2.45, 2.75) is 16.5 Å². The third-order valence-corrected chi connectivity index (χ3v) is 2.97.